The number of carbonyl (C=O) groups excluding carboxylic acids is 1. The van der Waals surface area contributed by atoms with Crippen LogP contribution < -0.4 is 10.6 Å². The van der Waals surface area contributed by atoms with Crippen molar-refractivity contribution >= 4 is 35.8 Å². The number of fused-ring (bicyclic) bond motifs is 1. The van der Waals surface area contributed by atoms with E-state index < -0.39 is 0 Å². The molecule has 3 rings (SSSR count). The highest BCUT2D eigenvalue weighted by Gasteiger charge is 2.19. The number of rotatable bonds is 7. The number of amides is 1. The maximum atomic E-state index is 12.5. The first-order valence-electron chi connectivity index (χ1n) is 10.2. The van der Waals surface area contributed by atoms with E-state index in [1.54, 1.807) is 0 Å². The summed E-state index contributed by atoms with van der Waals surface area (Å²) in [6, 6.07) is 8.42. The second-order valence-electron chi connectivity index (χ2n) is 7.22. The largest absolute Gasteiger partial charge is 0.376 e. The number of nitrogens with zero attached hydrogens (tertiary/aromatic N) is 2. The van der Waals surface area contributed by atoms with Crippen LogP contribution in [0.4, 0.5) is 0 Å². The fraction of sp³-hybridized carbons (Fsp3) is 0.619. The predicted molar refractivity (Wildman–Crippen MR) is 123 cm³/mol. The summed E-state index contributed by atoms with van der Waals surface area (Å²) in [6.07, 6.45) is 4.82. The molecule has 1 amide bonds. The van der Waals surface area contributed by atoms with Crippen LogP contribution in [0.5, 0.6) is 0 Å². The second-order valence-corrected chi connectivity index (χ2v) is 7.22. The highest BCUT2D eigenvalue weighted by molar-refractivity contribution is 14.0. The molecule has 0 radical (unpaired) electrons. The second kappa shape index (κ2) is 12.3. The van der Waals surface area contributed by atoms with Gasteiger partial charge in [-0.1, -0.05) is 24.3 Å². The van der Waals surface area contributed by atoms with E-state index in [2.05, 4.69) is 46.8 Å². The van der Waals surface area contributed by atoms with Gasteiger partial charge in [0.05, 0.1) is 12.6 Å². The molecule has 1 aromatic rings. The molecule has 1 unspecified atom stereocenters. The van der Waals surface area contributed by atoms with Crippen molar-refractivity contribution < 1.29 is 9.53 Å². The molecule has 0 saturated carbocycles. The van der Waals surface area contributed by atoms with E-state index >= 15 is 0 Å². The normalized spacial score (nSPS) is 19.0. The number of hydrogen-bond acceptors (Lipinski definition) is 3. The molecule has 0 bridgehead atoms. The summed E-state index contributed by atoms with van der Waals surface area (Å²) in [5.74, 6) is 1.06. The Balaban J connectivity index is 0.00000280. The number of aliphatic imine (C=N–C) groups is 1. The van der Waals surface area contributed by atoms with Crippen LogP contribution in [0.3, 0.4) is 0 Å². The summed E-state index contributed by atoms with van der Waals surface area (Å²) in [4.78, 5) is 19.1. The summed E-state index contributed by atoms with van der Waals surface area (Å²) < 4.78 is 5.62. The third-order valence-electron chi connectivity index (χ3n) is 5.16. The third-order valence-corrected chi connectivity index (χ3v) is 5.16. The maximum Gasteiger partial charge on any atom is 0.222 e. The minimum absolute atomic E-state index is 0. The van der Waals surface area contributed by atoms with Crippen molar-refractivity contribution in [1.82, 2.24) is 15.5 Å². The third kappa shape index (κ3) is 6.92. The Morgan fingerprint density at radius 1 is 1.29 bits per heavy atom. The van der Waals surface area contributed by atoms with Gasteiger partial charge in [-0.3, -0.25) is 9.79 Å². The van der Waals surface area contributed by atoms with Crippen LogP contribution in [0.1, 0.15) is 43.7 Å². The molecule has 156 valence electrons. The van der Waals surface area contributed by atoms with E-state index in [9.17, 15) is 4.79 Å². The Bertz CT molecular complexity index is 647. The first-order chi connectivity index (χ1) is 13.3. The fourth-order valence-corrected chi connectivity index (χ4v) is 3.64. The fourth-order valence-electron chi connectivity index (χ4n) is 3.64. The molecule has 28 heavy (non-hydrogen) atoms. The topological polar surface area (TPSA) is 66.0 Å². The van der Waals surface area contributed by atoms with Crippen LogP contribution >= 0.6 is 24.0 Å². The van der Waals surface area contributed by atoms with Crippen molar-refractivity contribution in [3.8, 4) is 0 Å². The number of benzene rings is 1. The van der Waals surface area contributed by atoms with E-state index in [0.29, 0.717) is 13.0 Å². The lowest BCUT2D eigenvalue weighted by Gasteiger charge is -2.29. The quantitative estimate of drug-likeness (QED) is 0.262. The molecule has 6 nitrogen and oxygen atoms in total. The van der Waals surface area contributed by atoms with Gasteiger partial charge in [0.2, 0.25) is 5.91 Å². The Kier molecular flexibility index (Phi) is 10.0. The molecule has 0 aliphatic carbocycles. The van der Waals surface area contributed by atoms with Crippen LogP contribution in [-0.2, 0) is 22.5 Å². The number of hydrogen-bond donors (Lipinski definition) is 2. The summed E-state index contributed by atoms with van der Waals surface area (Å²) in [6.45, 7) is 6.75. The van der Waals surface area contributed by atoms with Gasteiger partial charge >= 0.3 is 0 Å². The molecule has 2 heterocycles. The molecule has 1 atom stereocenters. The number of nitrogens with one attached hydrogen (secondary N) is 2. The lowest BCUT2D eigenvalue weighted by molar-refractivity contribution is -0.132. The van der Waals surface area contributed by atoms with Gasteiger partial charge in [0.15, 0.2) is 5.96 Å². The molecule has 1 saturated heterocycles. The van der Waals surface area contributed by atoms with Gasteiger partial charge in [0, 0.05) is 39.2 Å². The summed E-state index contributed by atoms with van der Waals surface area (Å²) >= 11 is 0. The number of guanidine groups is 1. The van der Waals surface area contributed by atoms with Gasteiger partial charge in [-0.15, -0.1) is 24.0 Å². The molecule has 7 heteroatoms. The Labute approximate surface area is 185 Å². The zero-order valence-electron chi connectivity index (χ0n) is 16.8. The zero-order valence-corrected chi connectivity index (χ0v) is 19.1. The smallest absolute Gasteiger partial charge is 0.222 e. The van der Waals surface area contributed by atoms with Crippen LogP contribution in [0.2, 0.25) is 0 Å². The SMILES string of the molecule is CCNC(=NCC1CCCO1)NCCCC(=O)N1CCc2ccccc2C1.I. The van der Waals surface area contributed by atoms with Crippen molar-refractivity contribution in [2.75, 3.05) is 32.8 Å². The predicted octanol–water partition coefficient (Wildman–Crippen LogP) is 2.70. The van der Waals surface area contributed by atoms with Crippen molar-refractivity contribution in [1.29, 1.82) is 0 Å². The summed E-state index contributed by atoms with van der Waals surface area (Å²) in [5, 5.41) is 6.59. The van der Waals surface area contributed by atoms with Crippen molar-refractivity contribution in [2.24, 2.45) is 4.99 Å². The van der Waals surface area contributed by atoms with Gasteiger partial charge in [-0.2, -0.15) is 0 Å². The highest BCUT2D eigenvalue weighted by Crippen LogP contribution is 2.19. The average molecular weight is 500 g/mol. The molecule has 2 aliphatic heterocycles. The molecule has 2 N–H and O–H groups in total. The van der Waals surface area contributed by atoms with Crippen LogP contribution in [0.25, 0.3) is 0 Å². The standard InChI is InChI=1S/C21H32N4O2.HI/c1-2-22-21(24-15-19-9-6-14-27-19)23-12-5-10-20(26)25-13-11-17-7-3-4-8-18(17)16-25;/h3-4,7-8,19H,2,5-6,9-16H2,1H3,(H2,22,23,24);1H. The average Bonchev–Trinajstić information content (AvgIpc) is 3.22. The molecule has 2 aliphatic rings. The van der Waals surface area contributed by atoms with Gasteiger partial charge in [-0.25, -0.2) is 0 Å². The lowest BCUT2D eigenvalue weighted by atomic mass is 9.99. The van der Waals surface area contributed by atoms with E-state index in [1.165, 1.54) is 11.1 Å². The minimum Gasteiger partial charge on any atom is -0.376 e. The highest BCUT2D eigenvalue weighted by atomic mass is 127. The van der Waals surface area contributed by atoms with Crippen molar-refractivity contribution in [2.45, 2.75) is 51.7 Å². The van der Waals surface area contributed by atoms with E-state index in [0.717, 1.165) is 64.4 Å². The molecule has 1 aromatic carbocycles. The number of carbonyl (C=O) groups is 1. The molecule has 1 fully saturated rings. The van der Waals surface area contributed by atoms with E-state index in [-0.39, 0.29) is 36.0 Å². The first kappa shape index (κ1) is 22.9. The zero-order chi connectivity index (χ0) is 18.9. The Morgan fingerprint density at radius 3 is 2.86 bits per heavy atom. The van der Waals surface area contributed by atoms with E-state index in [1.807, 2.05) is 4.90 Å². The van der Waals surface area contributed by atoms with Crippen LogP contribution in [0.15, 0.2) is 29.3 Å². The van der Waals surface area contributed by atoms with Crippen LogP contribution in [0, 0.1) is 0 Å². The summed E-state index contributed by atoms with van der Waals surface area (Å²) in [5.41, 5.74) is 2.66. The Morgan fingerprint density at radius 2 is 2.11 bits per heavy atom. The number of ether oxygens (including phenoxy) is 1. The lowest BCUT2D eigenvalue weighted by Crippen LogP contribution is -2.39. The van der Waals surface area contributed by atoms with Gasteiger partial charge in [0.1, 0.15) is 0 Å². The molecule has 0 spiro atoms. The van der Waals surface area contributed by atoms with Crippen molar-refractivity contribution in [3.05, 3.63) is 35.4 Å². The van der Waals surface area contributed by atoms with Gasteiger partial charge < -0.3 is 20.3 Å². The maximum absolute atomic E-state index is 12.5. The number of halogens is 1. The Hall–Kier alpha value is -1.35. The van der Waals surface area contributed by atoms with Gasteiger partial charge in [-0.05, 0) is 43.7 Å². The van der Waals surface area contributed by atoms with Gasteiger partial charge in [0.25, 0.3) is 0 Å². The molecule has 0 aromatic heterocycles. The van der Waals surface area contributed by atoms with Crippen molar-refractivity contribution in [3.63, 3.8) is 0 Å². The van der Waals surface area contributed by atoms with Crippen LogP contribution in [-0.4, -0.2) is 55.7 Å². The molecular formula is C21H33IN4O2. The minimum atomic E-state index is 0. The monoisotopic (exact) mass is 500 g/mol. The first-order valence-corrected chi connectivity index (χ1v) is 10.2. The molecular weight excluding hydrogens is 467 g/mol. The van der Waals surface area contributed by atoms with E-state index in [4.69, 9.17) is 4.74 Å². The summed E-state index contributed by atoms with van der Waals surface area (Å²) in [7, 11) is 0.